The maximum absolute atomic E-state index is 12.7. The van der Waals surface area contributed by atoms with Crippen LogP contribution in [-0.4, -0.2) is 47.5 Å². The molecule has 1 aliphatic heterocycles. The number of halogens is 3. The first-order valence-electron chi connectivity index (χ1n) is 7.50. The molecule has 0 aliphatic carbocycles. The topological polar surface area (TPSA) is 45.5 Å². The summed E-state index contributed by atoms with van der Waals surface area (Å²) in [6.45, 7) is 7.42. The summed E-state index contributed by atoms with van der Waals surface area (Å²) in [4.78, 5) is 0. The van der Waals surface area contributed by atoms with Crippen molar-refractivity contribution in [2.75, 3.05) is 7.11 Å². The Kier molecular flexibility index (Phi) is 4.85. The molecule has 2 rings (SSSR count). The fourth-order valence-corrected chi connectivity index (χ4v) is 2.52. The number of alkyl halides is 3. The number of aromatic nitrogens is 2. The Morgan fingerprint density at radius 3 is 2.48 bits per heavy atom. The minimum absolute atomic E-state index is 0.416. The molecule has 2 unspecified atom stereocenters. The van der Waals surface area contributed by atoms with E-state index in [4.69, 9.17) is 9.31 Å². The standard InChI is InChI=1S/C14H22BF3N2O3/c1-6-13(4)12(2,3)22-15(23-13)10-7-19-20(8-10)9-11(21-5)14(16,17)18/h7-8,11H,6,9H2,1-5H3. The van der Waals surface area contributed by atoms with Crippen LogP contribution in [0.1, 0.15) is 34.1 Å². The number of hydrogen-bond acceptors (Lipinski definition) is 4. The molecule has 2 heterocycles. The SMILES string of the molecule is CCC1(C)OB(c2cnn(CC(OC)C(F)(F)F)c2)OC1(C)C. The molecule has 0 radical (unpaired) electrons. The zero-order valence-corrected chi connectivity index (χ0v) is 14.0. The Balaban J connectivity index is 2.12. The van der Waals surface area contributed by atoms with E-state index in [-0.39, 0.29) is 0 Å². The Morgan fingerprint density at radius 1 is 1.35 bits per heavy atom. The lowest BCUT2D eigenvalue weighted by Crippen LogP contribution is -2.44. The molecule has 0 spiro atoms. The van der Waals surface area contributed by atoms with Gasteiger partial charge in [0, 0.05) is 25.0 Å². The molecule has 1 aromatic rings. The quantitative estimate of drug-likeness (QED) is 0.774. The van der Waals surface area contributed by atoms with E-state index in [1.807, 2.05) is 27.7 Å². The second-order valence-corrected chi connectivity index (χ2v) is 6.42. The maximum Gasteiger partial charge on any atom is 0.498 e. The van der Waals surface area contributed by atoms with Crippen LogP contribution in [0.2, 0.25) is 0 Å². The molecular weight excluding hydrogens is 312 g/mol. The summed E-state index contributed by atoms with van der Waals surface area (Å²) in [5.74, 6) is 0. The average molecular weight is 334 g/mol. The highest BCUT2D eigenvalue weighted by atomic mass is 19.4. The summed E-state index contributed by atoms with van der Waals surface area (Å²) in [5.41, 5.74) is -0.386. The molecule has 23 heavy (non-hydrogen) atoms. The molecule has 0 saturated carbocycles. The monoisotopic (exact) mass is 334 g/mol. The van der Waals surface area contributed by atoms with E-state index in [0.717, 1.165) is 13.5 Å². The molecule has 0 bridgehead atoms. The molecular formula is C14H22BF3N2O3. The highest BCUT2D eigenvalue weighted by Crippen LogP contribution is 2.39. The van der Waals surface area contributed by atoms with E-state index in [1.54, 1.807) is 0 Å². The Hall–Kier alpha value is -1.06. The third-order valence-electron chi connectivity index (χ3n) is 4.64. The van der Waals surface area contributed by atoms with E-state index in [2.05, 4.69) is 9.84 Å². The minimum Gasteiger partial charge on any atom is -0.399 e. The van der Waals surface area contributed by atoms with Crippen molar-refractivity contribution >= 4 is 12.6 Å². The van der Waals surface area contributed by atoms with Crippen molar-refractivity contribution in [2.24, 2.45) is 0 Å². The molecule has 9 heteroatoms. The van der Waals surface area contributed by atoms with Gasteiger partial charge in [-0.25, -0.2) is 0 Å². The summed E-state index contributed by atoms with van der Waals surface area (Å²) >= 11 is 0. The Morgan fingerprint density at radius 2 is 2.00 bits per heavy atom. The van der Waals surface area contributed by atoms with Crippen LogP contribution in [0.15, 0.2) is 12.4 Å². The Labute approximate surface area is 134 Å². The molecule has 1 fully saturated rings. The van der Waals surface area contributed by atoms with Gasteiger partial charge in [0.2, 0.25) is 0 Å². The number of rotatable bonds is 5. The van der Waals surface area contributed by atoms with Crippen molar-refractivity contribution in [3.05, 3.63) is 12.4 Å². The van der Waals surface area contributed by atoms with Crippen LogP contribution in [0, 0.1) is 0 Å². The first-order chi connectivity index (χ1) is 10.5. The van der Waals surface area contributed by atoms with Crippen molar-refractivity contribution in [1.82, 2.24) is 9.78 Å². The van der Waals surface area contributed by atoms with Crippen molar-refractivity contribution in [2.45, 2.75) is 64.1 Å². The van der Waals surface area contributed by atoms with Gasteiger partial charge < -0.3 is 14.0 Å². The average Bonchev–Trinajstić information content (AvgIpc) is 2.98. The van der Waals surface area contributed by atoms with Gasteiger partial charge in [0.1, 0.15) is 0 Å². The lowest BCUT2D eigenvalue weighted by Gasteiger charge is -2.35. The van der Waals surface area contributed by atoms with Crippen LogP contribution < -0.4 is 5.46 Å². The molecule has 2 atom stereocenters. The predicted molar refractivity (Wildman–Crippen MR) is 79.4 cm³/mol. The first-order valence-corrected chi connectivity index (χ1v) is 7.50. The summed E-state index contributed by atoms with van der Waals surface area (Å²) in [7, 11) is 0.386. The molecule has 1 aliphatic rings. The predicted octanol–water partition coefficient (Wildman–Crippen LogP) is 2.15. The number of ether oxygens (including phenoxy) is 1. The van der Waals surface area contributed by atoms with Gasteiger partial charge in [0.05, 0.1) is 17.7 Å². The molecule has 0 aromatic carbocycles. The molecule has 0 N–H and O–H groups in total. The van der Waals surface area contributed by atoms with Crippen LogP contribution in [0.4, 0.5) is 13.2 Å². The van der Waals surface area contributed by atoms with E-state index in [0.29, 0.717) is 5.46 Å². The van der Waals surface area contributed by atoms with Crippen LogP contribution >= 0.6 is 0 Å². The van der Waals surface area contributed by atoms with E-state index in [9.17, 15) is 13.2 Å². The van der Waals surface area contributed by atoms with Crippen LogP contribution in [0.25, 0.3) is 0 Å². The molecule has 0 amide bonds. The maximum atomic E-state index is 12.7. The van der Waals surface area contributed by atoms with Gasteiger partial charge in [-0.3, -0.25) is 4.68 Å². The van der Waals surface area contributed by atoms with Gasteiger partial charge in [-0.2, -0.15) is 18.3 Å². The van der Waals surface area contributed by atoms with Crippen molar-refractivity contribution in [3.8, 4) is 0 Å². The van der Waals surface area contributed by atoms with Crippen molar-refractivity contribution in [3.63, 3.8) is 0 Å². The smallest absolute Gasteiger partial charge is 0.399 e. The second kappa shape index (κ2) is 6.10. The first kappa shape index (κ1) is 18.3. The van der Waals surface area contributed by atoms with Crippen LogP contribution in [0.3, 0.4) is 0 Å². The third kappa shape index (κ3) is 3.56. The molecule has 5 nitrogen and oxygen atoms in total. The van der Waals surface area contributed by atoms with Gasteiger partial charge in [0.25, 0.3) is 0 Å². The van der Waals surface area contributed by atoms with Crippen LogP contribution in [-0.2, 0) is 20.6 Å². The highest BCUT2D eigenvalue weighted by molar-refractivity contribution is 6.62. The molecule has 1 aromatic heterocycles. The zero-order valence-electron chi connectivity index (χ0n) is 14.0. The van der Waals surface area contributed by atoms with Gasteiger partial charge in [-0.15, -0.1) is 0 Å². The minimum atomic E-state index is -4.44. The highest BCUT2D eigenvalue weighted by Gasteiger charge is 2.53. The number of methoxy groups -OCH3 is 1. The summed E-state index contributed by atoms with van der Waals surface area (Å²) in [5, 5.41) is 3.96. The third-order valence-corrected chi connectivity index (χ3v) is 4.64. The molecule has 130 valence electrons. The summed E-state index contributed by atoms with van der Waals surface area (Å²) < 4.78 is 55.8. The lowest BCUT2D eigenvalue weighted by atomic mass is 9.82. The van der Waals surface area contributed by atoms with E-state index >= 15 is 0 Å². The summed E-state index contributed by atoms with van der Waals surface area (Å²) in [6, 6.07) is 0. The van der Waals surface area contributed by atoms with E-state index < -0.39 is 37.1 Å². The van der Waals surface area contributed by atoms with E-state index in [1.165, 1.54) is 17.1 Å². The zero-order chi connectivity index (χ0) is 17.5. The van der Waals surface area contributed by atoms with Gasteiger partial charge in [0.15, 0.2) is 6.10 Å². The second-order valence-electron chi connectivity index (χ2n) is 6.42. The van der Waals surface area contributed by atoms with Gasteiger partial charge >= 0.3 is 13.3 Å². The van der Waals surface area contributed by atoms with Crippen molar-refractivity contribution < 1.29 is 27.2 Å². The molecule has 1 saturated heterocycles. The number of hydrogen-bond donors (Lipinski definition) is 0. The number of nitrogens with zero attached hydrogens (tertiary/aromatic N) is 2. The largest absolute Gasteiger partial charge is 0.498 e. The summed E-state index contributed by atoms with van der Waals surface area (Å²) in [6.07, 6.45) is -2.63. The fourth-order valence-electron chi connectivity index (χ4n) is 2.52. The lowest BCUT2D eigenvalue weighted by molar-refractivity contribution is -0.217. The van der Waals surface area contributed by atoms with Crippen molar-refractivity contribution in [1.29, 1.82) is 0 Å². The fraction of sp³-hybridized carbons (Fsp3) is 0.786. The van der Waals surface area contributed by atoms with Crippen LogP contribution in [0.5, 0.6) is 0 Å². The van der Waals surface area contributed by atoms with Gasteiger partial charge in [-0.1, -0.05) is 6.92 Å². The van der Waals surface area contributed by atoms with Gasteiger partial charge in [-0.05, 0) is 27.2 Å². The normalized spacial score (nSPS) is 25.8. The Bertz CT molecular complexity index is 550.